The molecule has 0 spiro atoms. The summed E-state index contributed by atoms with van der Waals surface area (Å²) in [6, 6.07) is 17.2. The number of aliphatic hydroxyl groups excluding tert-OH is 2. The van der Waals surface area contributed by atoms with Crippen LogP contribution in [0, 0.1) is 13.8 Å². The monoisotopic (exact) mass is 1030 g/mol. The third-order valence-corrected chi connectivity index (χ3v) is 13.5. The number of rotatable bonds is 11. The molecule has 4 atom stereocenters. The third kappa shape index (κ3) is 10.9. The highest BCUT2D eigenvalue weighted by Gasteiger charge is 2.43. The fourth-order valence-corrected chi connectivity index (χ4v) is 10.0. The van der Waals surface area contributed by atoms with Crippen molar-refractivity contribution in [2.45, 2.75) is 70.6 Å². The molecule has 5 aliphatic rings. The molecule has 380 valence electrons. The number of amides is 4. The van der Waals surface area contributed by atoms with Crippen LogP contribution in [0.2, 0.25) is 10.0 Å². The maximum atomic E-state index is 13.7. The van der Waals surface area contributed by atoms with Crippen LogP contribution in [-0.2, 0) is 9.47 Å². The summed E-state index contributed by atoms with van der Waals surface area (Å²) in [5.41, 5.74) is 6.26. The topological polar surface area (TPSA) is 226 Å². The van der Waals surface area contributed by atoms with E-state index in [2.05, 4.69) is 40.4 Å². The van der Waals surface area contributed by atoms with E-state index in [4.69, 9.17) is 57.2 Å². The van der Waals surface area contributed by atoms with Gasteiger partial charge in [-0.25, -0.2) is 29.5 Å². The molecule has 5 aliphatic heterocycles. The Bertz CT molecular complexity index is 3040. The van der Waals surface area contributed by atoms with Gasteiger partial charge >= 0.3 is 12.1 Å². The van der Waals surface area contributed by atoms with Gasteiger partial charge in [0.1, 0.15) is 48.6 Å². The van der Waals surface area contributed by atoms with Gasteiger partial charge in [0, 0.05) is 85.6 Å². The first-order valence-electron chi connectivity index (χ1n) is 23.9. The zero-order valence-electron chi connectivity index (χ0n) is 40.5. The molecule has 6 aromatic heterocycles. The lowest BCUT2D eigenvalue weighted by Crippen LogP contribution is -2.48. The van der Waals surface area contributed by atoms with Crippen LogP contribution in [0.3, 0.4) is 0 Å². The second-order valence-corrected chi connectivity index (χ2v) is 19.5. The molecule has 6 aromatic rings. The van der Waals surface area contributed by atoms with Crippen LogP contribution in [-0.4, -0.2) is 135 Å². The van der Waals surface area contributed by atoms with Crippen LogP contribution in [0.25, 0.3) is 22.5 Å². The summed E-state index contributed by atoms with van der Waals surface area (Å²) in [6.45, 7) is 10.9. The minimum absolute atomic E-state index is 0.00879. The average molecular weight is 1030 g/mol. The zero-order chi connectivity index (χ0) is 51.0. The Balaban J connectivity index is 0.000000168. The number of anilines is 6. The highest BCUT2D eigenvalue weighted by molar-refractivity contribution is 6.34. The van der Waals surface area contributed by atoms with E-state index in [1.54, 1.807) is 52.7 Å². The van der Waals surface area contributed by atoms with Crippen LogP contribution in [0.5, 0.6) is 11.5 Å². The lowest BCUT2D eigenvalue weighted by molar-refractivity contribution is -0.141. The summed E-state index contributed by atoms with van der Waals surface area (Å²) in [4.78, 5) is 61.8. The van der Waals surface area contributed by atoms with E-state index in [-0.39, 0.29) is 36.9 Å². The molecular formula is C51H54Cl2N12O8. The van der Waals surface area contributed by atoms with Gasteiger partial charge in [0.15, 0.2) is 17.4 Å². The lowest BCUT2D eigenvalue weighted by atomic mass is 10.1. The predicted molar refractivity (Wildman–Crippen MR) is 276 cm³/mol. The molecule has 11 rings (SSSR count). The second-order valence-electron chi connectivity index (χ2n) is 18.7. The number of ether oxygens (including phenoxy) is 4. The smallest absolute Gasteiger partial charge is 0.329 e. The Morgan fingerprint density at radius 3 is 1.70 bits per heavy atom. The Kier molecular flexibility index (Phi) is 14.2. The number of aromatic nitrogens is 6. The first-order valence-corrected chi connectivity index (χ1v) is 24.7. The molecule has 3 fully saturated rings. The molecule has 11 heterocycles. The molecule has 0 saturated carbocycles. The number of carbonyl (C=O) groups is 2. The maximum Gasteiger partial charge on any atom is 0.329 e. The number of urea groups is 2. The number of aliphatic hydroxyl groups is 2. The first-order chi connectivity index (χ1) is 35.2. The van der Waals surface area contributed by atoms with Crippen LogP contribution in [0.15, 0.2) is 85.5 Å². The number of carbonyl (C=O) groups excluding carboxylic acids is 2. The molecule has 73 heavy (non-hydrogen) atoms. The van der Waals surface area contributed by atoms with Crippen LogP contribution < -0.4 is 39.7 Å². The number of pyridine rings is 6. The Hall–Kier alpha value is -6.94. The van der Waals surface area contributed by atoms with Crippen molar-refractivity contribution >= 4 is 69.9 Å². The minimum Gasteiger partial charge on any atom is -0.491 e. The van der Waals surface area contributed by atoms with Gasteiger partial charge in [-0.1, -0.05) is 23.2 Å². The van der Waals surface area contributed by atoms with Gasteiger partial charge < -0.3 is 39.0 Å². The molecule has 4 N–H and O–H groups in total. The van der Waals surface area contributed by atoms with Gasteiger partial charge in [0.05, 0.1) is 58.1 Å². The third-order valence-electron chi connectivity index (χ3n) is 12.9. The first kappa shape index (κ1) is 49.6. The summed E-state index contributed by atoms with van der Waals surface area (Å²) in [6.07, 6.45) is 7.02. The van der Waals surface area contributed by atoms with Crippen LogP contribution >= 0.6 is 23.2 Å². The van der Waals surface area contributed by atoms with Gasteiger partial charge in [-0.3, -0.25) is 30.4 Å². The standard InChI is InChI=1S/C27H29ClN6O4.C24H25ClN6O4/c1-16-10-17(4-7-29-16)24-21(28)12-22-25(32-24)34(18-6-9-33(22)13-18)26(35)31-23-11-19(5-8-30-23)36-14-20-15-37-27(2,3)38-20;1-14-8-15(2-5-26-14)22-19(25)10-20-23(29-22)31(16-4-7-30(20)11-16)24(34)28-21-9-18(3-6-27-21)35-13-17(33)12-32/h4-5,7-8,10-12,18,20H,6,9,13-15H2,1-3H3,(H,30,31,35);2-3,5-6,8-10,16-17,32-33H,4,7,11-13H2,1H3,(H,27,28,34)/t18-,20+;16-,17-/m00/s1. The fourth-order valence-electron chi connectivity index (χ4n) is 9.52. The van der Waals surface area contributed by atoms with Crippen molar-refractivity contribution in [3.8, 4) is 34.0 Å². The van der Waals surface area contributed by atoms with Gasteiger partial charge in [0.25, 0.3) is 0 Å². The van der Waals surface area contributed by atoms with Crippen molar-refractivity contribution in [1.82, 2.24) is 29.9 Å². The predicted octanol–water partition coefficient (Wildman–Crippen LogP) is 7.52. The summed E-state index contributed by atoms with van der Waals surface area (Å²) in [5, 5.41) is 25.3. The number of aryl methyl sites for hydroxylation is 2. The summed E-state index contributed by atoms with van der Waals surface area (Å²) >= 11 is 13.3. The molecule has 0 radical (unpaired) electrons. The molecule has 22 heteroatoms. The summed E-state index contributed by atoms with van der Waals surface area (Å²) < 4.78 is 22.7. The largest absolute Gasteiger partial charge is 0.491 e. The van der Waals surface area contributed by atoms with Gasteiger partial charge in [-0.2, -0.15) is 0 Å². The fraction of sp³-hybridized carbons (Fsp3) is 0.373. The van der Waals surface area contributed by atoms with Crippen molar-refractivity contribution in [3.63, 3.8) is 0 Å². The van der Waals surface area contributed by atoms with Gasteiger partial charge in [0.2, 0.25) is 0 Å². The molecule has 3 saturated heterocycles. The Morgan fingerprint density at radius 1 is 0.740 bits per heavy atom. The SMILES string of the molecule is Cc1cc(-c2nc3c(cc2Cl)N2CC[C@@H](C2)N3C(=O)Nc2cc(OC[C@@H](O)CO)ccn2)ccn1.Cc1cc(-c2nc3c(cc2Cl)N2CC[C@@H](C2)N3C(=O)Nc2cc(OC[C@@H]3COC(C)(C)O3)ccn2)ccn1. The molecular weight excluding hydrogens is 980 g/mol. The van der Waals surface area contributed by atoms with E-state index in [1.807, 2.05) is 64.1 Å². The average Bonchev–Trinajstić information content (AvgIpc) is 4.10. The van der Waals surface area contributed by atoms with E-state index < -0.39 is 18.5 Å². The normalized spacial score (nSPS) is 19.4. The van der Waals surface area contributed by atoms with E-state index in [0.717, 1.165) is 66.4 Å². The minimum atomic E-state index is -0.993. The van der Waals surface area contributed by atoms with Crippen molar-refractivity contribution in [2.75, 3.05) is 82.8 Å². The molecule has 0 unspecified atom stereocenters. The Labute approximate surface area is 431 Å². The highest BCUT2D eigenvalue weighted by Crippen LogP contribution is 2.45. The van der Waals surface area contributed by atoms with Crippen molar-refractivity contribution in [3.05, 3.63) is 107 Å². The Morgan fingerprint density at radius 2 is 1.23 bits per heavy atom. The number of nitrogens with one attached hydrogen (secondary N) is 2. The second kappa shape index (κ2) is 20.9. The quantitative estimate of drug-likeness (QED) is 0.0984. The zero-order valence-corrected chi connectivity index (χ0v) is 42.0. The van der Waals surface area contributed by atoms with Crippen molar-refractivity contribution in [1.29, 1.82) is 0 Å². The number of nitrogens with zero attached hydrogens (tertiary/aromatic N) is 10. The molecule has 4 bridgehead atoms. The van der Waals surface area contributed by atoms with E-state index in [0.29, 0.717) is 76.0 Å². The van der Waals surface area contributed by atoms with Gasteiger partial charge in [-0.05, 0) is 89.1 Å². The number of hydrogen-bond acceptors (Lipinski definition) is 16. The summed E-state index contributed by atoms with van der Waals surface area (Å²) in [5.74, 6) is 2.19. The molecule has 0 aromatic carbocycles. The summed E-state index contributed by atoms with van der Waals surface area (Å²) in [7, 11) is 0. The van der Waals surface area contributed by atoms with Crippen LogP contribution in [0.4, 0.5) is 44.2 Å². The highest BCUT2D eigenvalue weighted by atomic mass is 35.5. The van der Waals surface area contributed by atoms with Crippen molar-refractivity contribution < 1.29 is 38.7 Å². The molecule has 4 amide bonds. The van der Waals surface area contributed by atoms with E-state index >= 15 is 0 Å². The van der Waals surface area contributed by atoms with Gasteiger partial charge in [-0.15, -0.1) is 0 Å². The molecule has 20 nitrogen and oxygen atoms in total. The van der Waals surface area contributed by atoms with Crippen molar-refractivity contribution in [2.24, 2.45) is 0 Å². The van der Waals surface area contributed by atoms with E-state index in [1.165, 1.54) is 6.20 Å². The lowest BCUT2D eigenvalue weighted by Gasteiger charge is -2.36. The molecule has 0 aliphatic carbocycles. The maximum absolute atomic E-state index is 13.7. The number of halogens is 2. The number of hydrogen-bond donors (Lipinski definition) is 4. The number of fused-ring (bicyclic) bond motifs is 8. The van der Waals surface area contributed by atoms with E-state index in [9.17, 15) is 14.7 Å². The van der Waals surface area contributed by atoms with Crippen LogP contribution in [0.1, 0.15) is 38.1 Å².